The molecule has 0 saturated carbocycles. The number of rotatable bonds is 4. The Bertz CT molecular complexity index is 827. The fourth-order valence-electron chi connectivity index (χ4n) is 2.07. The van der Waals surface area contributed by atoms with Crippen LogP contribution in [-0.2, 0) is 0 Å². The quantitative estimate of drug-likeness (QED) is 0.498. The highest BCUT2D eigenvalue weighted by Gasteiger charge is 2.11. The van der Waals surface area contributed by atoms with Crippen molar-refractivity contribution in [1.82, 2.24) is 24.7 Å². The first-order valence-electron chi connectivity index (χ1n) is 6.84. The lowest BCUT2D eigenvalue weighted by molar-refractivity contribution is 0.767. The second kappa shape index (κ2) is 6.19. The van der Waals surface area contributed by atoms with E-state index in [4.69, 9.17) is 17.4 Å². The fraction of sp³-hybridized carbons (Fsp3) is 0.143. The molecule has 9 heteroatoms. The first-order valence-corrected chi connectivity index (χ1v) is 7.22. The molecule has 1 aromatic carbocycles. The molecular formula is C14H15ClN8. The fourth-order valence-corrected chi connectivity index (χ4v) is 2.20. The summed E-state index contributed by atoms with van der Waals surface area (Å²) in [4.78, 5) is 12.8. The minimum Gasteiger partial charge on any atom is -0.324 e. The van der Waals surface area contributed by atoms with Gasteiger partial charge in [0.05, 0.1) is 5.69 Å². The van der Waals surface area contributed by atoms with Gasteiger partial charge in [-0.1, -0.05) is 11.6 Å². The van der Waals surface area contributed by atoms with Crippen LogP contribution < -0.4 is 16.6 Å². The van der Waals surface area contributed by atoms with Crippen LogP contribution in [-0.4, -0.2) is 24.7 Å². The molecule has 0 saturated heterocycles. The highest BCUT2D eigenvalue weighted by atomic mass is 35.5. The largest absolute Gasteiger partial charge is 0.324 e. The summed E-state index contributed by atoms with van der Waals surface area (Å²) in [5, 5.41) is 8.10. The van der Waals surface area contributed by atoms with Crippen molar-refractivity contribution >= 4 is 29.2 Å². The Morgan fingerprint density at radius 2 is 1.74 bits per heavy atom. The number of nitrogens with zero attached hydrogens (tertiary/aromatic N) is 5. The van der Waals surface area contributed by atoms with Gasteiger partial charge in [0.25, 0.3) is 5.95 Å². The number of benzene rings is 1. The Kier molecular flexibility index (Phi) is 4.09. The summed E-state index contributed by atoms with van der Waals surface area (Å²) < 4.78 is 1.63. The van der Waals surface area contributed by atoms with Gasteiger partial charge in [-0.05, 0) is 44.2 Å². The molecule has 4 N–H and O–H groups in total. The van der Waals surface area contributed by atoms with Crippen molar-refractivity contribution in [2.75, 3.05) is 10.7 Å². The van der Waals surface area contributed by atoms with Gasteiger partial charge in [0.15, 0.2) is 0 Å². The average Bonchev–Trinajstić information content (AvgIpc) is 2.88. The lowest BCUT2D eigenvalue weighted by Crippen LogP contribution is -2.15. The predicted molar refractivity (Wildman–Crippen MR) is 89.0 cm³/mol. The van der Waals surface area contributed by atoms with E-state index in [1.165, 1.54) is 0 Å². The monoisotopic (exact) mass is 330 g/mol. The van der Waals surface area contributed by atoms with Gasteiger partial charge in [-0.2, -0.15) is 20.1 Å². The average molecular weight is 331 g/mol. The Morgan fingerprint density at radius 3 is 2.35 bits per heavy atom. The molecule has 2 aromatic heterocycles. The number of hydrogen-bond donors (Lipinski definition) is 3. The topological polar surface area (TPSA) is 107 Å². The number of nitrogens with one attached hydrogen (secondary N) is 2. The van der Waals surface area contributed by atoms with Gasteiger partial charge in [-0.15, -0.1) is 0 Å². The van der Waals surface area contributed by atoms with Crippen LogP contribution in [0, 0.1) is 13.8 Å². The summed E-state index contributed by atoms with van der Waals surface area (Å²) >= 11 is 5.88. The van der Waals surface area contributed by atoms with Crippen LogP contribution in [0.1, 0.15) is 11.4 Å². The second-order valence-electron chi connectivity index (χ2n) is 4.90. The molecule has 3 rings (SSSR count). The summed E-state index contributed by atoms with van der Waals surface area (Å²) in [7, 11) is 0. The molecule has 0 aliphatic carbocycles. The molecule has 0 spiro atoms. The van der Waals surface area contributed by atoms with Crippen LogP contribution in [0.25, 0.3) is 5.95 Å². The summed E-state index contributed by atoms with van der Waals surface area (Å²) in [6.07, 6.45) is 0. The molecule has 23 heavy (non-hydrogen) atoms. The van der Waals surface area contributed by atoms with Crippen LogP contribution in [0.4, 0.5) is 17.6 Å². The number of nitrogens with two attached hydrogens (primary N) is 1. The maximum absolute atomic E-state index is 5.88. The van der Waals surface area contributed by atoms with E-state index in [2.05, 4.69) is 30.8 Å². The third-order valence-electron chi connectivity index (χ3n) is 3.05. The standard InChI is InChI=1S/C14H15ClN8/c1-8-7-9(2)23(22-8)14-19-12(18-13(20-14)21-16)17-11-5-3-10(15)4-6-11/h3-7H,16H2,1-2H3,(H2,17,18,19,20,21). The smallest absolute Gasteiger partial charge is 0.257 e. The van der Waals surface area contributed by atoms with Crippen LogP contribution in [0.15, 0.2) is 30.3 Å². The van der Waals surface area contributed by atoms with Crippen molar-refractivity contribution in [2.24, 2.45) is 5.84 Å². The lowest BCUT2D eigenvalue weighted by Gasteiger charge is -2.09. The third-order valence-corrected chi connectivity index (χ3v) is 3.30. The molecule has 0 aliphatic rings. The maximum atomic E-state index is 5.88. The van der Waals surface area contributed by atoms with Crippen LogP contribution >= 0.6 is 11.6 Å². The predicted octanol–water partition coefficient (Wildman–Crippen LogP) is 2.36. The summed E-state index contributed by atoms with van der Waals surface area (Å²) in [6.45, 7) is 3.82. The Hall–Kier alpha value is -2.71. The molecule has 118 valence electrons. The minimum absolute atomic E-state index is 0.235. The molecule has 8 nitrogen and oxygen atoms in total. The SMILES string of the molecule is Cc1cc(C)n(-c2nc(NN)nc(Nc3ccc(Cl)cc3)n2)n1. The van der Waals surface area contributed by atoms with Crippen LogP contribution in [0.5, 0.6) is 0 Å². The highest BCUT2D eigenvalue weighted by molar-refractivity contribution is 6.30. The van der Waals surface area contributed by atoms with Gasteiger partial charge in [-0.25, -0.2) is 10.5 Å². The molecule has 0 unspecified atom stereocenters. The van der Waals surface area contributed by atoms with E-state index in [0.29, 0.717) is 16.9 Å². The second-order valence-corrected chi connectivity index (χ2v) is 5.33. The number of aromatic nitrogens is 5. The maximum Gasteiger partial charge on any atom is 0.257 e. The third kappa shape index (κ3) is 3.38. The number of nitrogen functional groups attached to an aromatic ring is 1. The summed E-state index contributed by atoms with van der Waals surface area (Å²) in [5.74, 6) is 6.40. The molecule has 0 bridgehead atoms. The van der Waals surface area contributed by atoms with E-state index >= 15 is 0 Å². The van der Waals surface area contributed by atoms with Crippen molar-refractivity contribution in [3.8, 4) is 5.95 Å². The number of hydrazine groups is 1. The van der Waals surface area contributed by atoms with Gasteiger partial charge >= 0.3 is 0 Å². The number of halogens is 1. The molecule has 0 atom stereocenters. The van der Waals surface area contributed by atoms with E-state index in [-0.39, 0.29) is 5.95 Å². The first kappa shape index (κ1) is 15.2. The summed E-state index contributed by atoms with van der Waals surface area (Å²) in [6, 6.07) is 9.13. The van der Waals surface area contributed by atoms with Crippen molar-refractivity contribution in [3.05, 3.63) is 46.7 Å². The van der Waals surface area contributed by atoms with Crippen molar-refractivity contribution in [3.63, 3.8) is 0 Å². The summed E-state index contributed by atoms with van der Waals surface area (Å²) in [5.41, 5.74) is 5.01. The Labute approximate surface area is 137 Å². The normalized spacial score (nSPS) is 10.6. The number of aryl methyl sites for hydroxylation is 2. The zero-order valence-corrected chi connectivity index (χ0v) is 13.3. The zero-order chi connectivity index (χ0) is 16.4. The lowest BCUT2D eigenvalue weighted by atomic mass is 10.3. The van der Waals surface area contributed by atoms with Crippen LogP contribution in [0.2, 0.25) is 5.02 Å². The van der Waals surface area contributed by atoms with E-state index in [1.807, 2.05) is 32.0 Å². The van der Waals surface area contributed by atoms with Gasteiger partial charge in [0.1, 0.15) is 0 Å². The first-order chi connectivity index (χ1) is 11.0. The van der Waals surface area contributed by atoms with E-state index in [0.717, 1.165) is 17.1 Å². The van der Waals surface area contributed by atoms with E-state index in [9.17, 15) is 0 Å². The molecule has 2 heterocycles. The number of anilines is 3. The van der Waals surface area contributed by atoms with E-state index in [1.54, 1.807) is 16.8 Å². The Morgan fingerprint density at radius 1 is 1.04 bits per heavy atom. The molecule has 0 fully saturated rings. The molecule has 0 amide bonds. The van der Waals surface area contributed by atoms with Crippen molar-refractivity contribution < 1.29 is 0 Å². The van der Waals surface area contributed by atoms with Gasteiger partial charge < -0.3 is 5.32 Å². The van der Waals surface area contributed by atoms with E-state index < -0.39 is 0 Å². The Balaban J connectivity index is 1.99. The highest BCUT2D eigenvalue weighted by Crippen LogP contribution is 2.18. The molecule has 0 radical (unpaired) electrons. The van der Waals surface area contributed by atoms with Gasteiger partial charge in [-0.3, -0.25) is 5.43 Å². The minimum atomic E-state index is 0.235. The van der Waals surface area contributed by atoms with Gasteiger partial charge in [0.2, 0.25) is 11.9 Å². The molecule has 3 aromatic rings. The van der Waals surface area contributed by atoms with Crippen molar-refractivity contribution in [1.29, 1.82) is 0 Å². The molecular weight excluding hydrogens is 316 g/mol. The van der Waals surface area contributed by atoms with Crippen LogP contribution in [0.3, 0.4) is 0 Å². The van der Waals surface area contributed by atoms with Crippen molar-refractivity contribution in [2.45, 2.75) is 13.8 Å². The molecule has 0 aliphatic heterocycles. The number of hydrogen-bond acceptors (Lipinski definition) is 7. The zero-order valence-electron chi connectivity index (χ0n) is 12.6. The van der Waals surface area contributed by atoms with Gasteiger partial charge in [0, 0.05) is 16.4 Å².